The van der Waals surface area contributed by atoms with Gasteiger partial charge in [-0.05, 0) is 38.1 Å². The molecule has 2 N–H and O–H groups in total. The molecule has 1 amide bonds. The molecule has 0 aliphatic rings. The van der Waals surface area contributed by atoms with Crippen molar-refractivity contribution < 1.29 is 22.7 Å². The van der Waals surface area contributed by atoms with Crippen LogP contribution in [-0.2, 0) is 15.7 Å². The smallest absolute Gasteiger partial charge is 0.412 e. The van der Waals surface area contributed by atoms with Gasteiger partial charge in [-0.15, -0.1) is 0 Å². The molecule has 0 bridgehead atoms. The van der Waals surface area contributed by atoms with Gasteiger partial charge in [0.15, 0.2) is 5.76 Å². The van der Waals surface area contributed by atoms with Crippen LogP contribution in [0.3, 0.4) is 0 Å². The zero-order chi connectivity index (χ0) is 21.8. The van der Waals surface area contributed by atoms with Crippen LogP contribution in [0.4, 0.5) is 20.6 Å². The summed E-state index contributed by atoms with van der Waals surface area (Å²) in [4.78, 5) is 12.4. The van der Waals surface area contributed by atoms with E-state index in [2.05, 4.69) is 15.2 Å². The molecule has 0 radical (unpaired) electrons. The van der Waals surface area contributed by atoms with Crippen molar-refractivity contribution in [2.75, 3.05) is 16.3 Å². The minimum Gasteiger partial charge on any atom is -0.441 e. The number of aryl methyl sites for hydroxylation is 1. The summed E-state index contributed by atoms with van der Waals surface area (Å²) in [5.74, 6) is -0.598. The van der Waals surface area contributed by atoms with Crippen LogP contribution in [-0.4, -0.2) is 21.7 Å². The number of nitrogens with zero attached hydrogens (tertiary/aromatic N) is 1. The molecule has 0 aliphatic carbocycles. The third-order valence-corrected chi connectivity index (χ3v) is 5.06. The Morgan fingerprint density at radius 1 is 1.30 bits per heavy atom. The molecule has 0 saturated heterocycles. The Hall–Kier alpha value is -2.91. The van der Waals surface area contributed by atoms with Gasteiger partial charge in [0.05, 0.1) is 5.56 Å². The lowest BCUT2D eigenvalue weighted by atomic mass is 10.1. The van der Waals surface area contributed by atoms with E-state index in [1.165, 1.54) is 18.4 Å². The number of rotatable bonds is 6. The lowest BCUT2D eigenvalue weighted by Gasteiger charge is -2.15. The zero-order valence-electron chi connectivity index (χ0n) is 16.4. The van der Waals surface area contributed by atoms with E-state index in [4.69, 9.17) is 20.9 Å². The summed E-state index contributed by atoms with van der Waals surface area (Å²) in [6.45, 7) is 3.29. The van der Waals surface area contributed by atoms with E-state index in [9.17, 15) is 13.4 Å². The highest BCUT2D eigenvalue weighted by Gasteiger charge is 2.22. The highest BCUT2D eigenvalue weighted by atomic mass is 35.5. The second-order valence-electron chi connectivity index (χ2n) is 6.42. The number of halogens is 2. The Morgan fingerprint density at radius 2 is 2.03 bits per heavy atom. The molecule has 3 aromatic rings. The van der Waals surface area contributed by atoms with Crippen molar-refractivity contribution in [3.05, 3.63) is 64.6 Å². The minimum atomic E-state index is -1.34. The van der Waals surface area contributed by atoms with Crippen LogP contribution in [0.1, 0.15) is 24.3 Å². The lowest BCUT2D eigenvalue weighted by Crippen LogP contribution is -2.17. The fraction of sp³-hybridized carbons (Fsp3) is 0.200. The van der Waals surface area contributed by atoms with Crippen molar-refractivity contribution in [2.24, 2.45) is 0 Å². The molecule has 2 atom stereocenters. The van der Waals surface area contributed by atoms with E-state index in [0.717, 1.165) is 0 Å². The number of anilines is 2. The Bertz CT molecular complexity index is 1110. The Kier molecular flexibility index (Phi) is 6.73. The van der Waals surface area contributed by atoms with Crippen molar-refractivity contribution in [3.8, 4) is 11.3 Å². The van der Waals surface area contributed by atoms with Crippen molar-refractivity contribution in [2.45, 2.75) is 20.0 Å². The number of amides is 1. The van der Waals surface area contributed by atoms with Gasteiger partial charge in [0.2, 0.25) is 0 Å². The van der Waals surface area contributed by atoms with E-state index in [1.807, 2.05) is 0 Å². The average Bonchev–Trinajstić information content (AvgIpc) is 3.02. The van der Waals surface area contributed by atoms with Crippen LogP contribution in [0.15, 0.2) is 47.0 Å². The maximum Gasteiger partial charge on any atom is 0.412 e. The van der Waals surface area contributed by atoms with Crippen LogP contribution in [0.25, 0.3) is 11.3 Å². The molecule has 30 heavy (non-hydrogen) atoms. The molecule has 3 rings (SSSR count). The average molecular weight is 452 g/mol. The van der Waals surface area contributed by atoms with Crippen molar-refractivity contribution >= 4 is 40.1 Å². The molecule has 0 aliphatic heterocycles. The van der Waals surface area contributed by atoms with E-state index < -0.39 is 29.0 Å². The van der Waals surface area contributed by atoms with Crippen LogP contribution in [0, 0.1) is 12.7 Å². The van der Waals surface area contributed by atoms with Gasteiger partial charge in [0.25, 0.3) is 0 Å². The van der Waals surface area contributed by atoms with Gasteiger partial charge in [0.1, 0.15) is 34.3 Å². The molecule has 2 aromatic carbocycles. The normalized spacial score (nSPS) is 12.8. The first-order valence-electron chi connectivity index (χ1n) is 8.84. The molecular weight excluding hydrogens is 433 g/mol. The maximum absolute atomic E-state index is 14.6. The Labute approximate surface area is 180 Å². The first kappa shape index (κ1) is 21.8. The van der Waals surface area contributed by atoms with Gasteiger partial charge in [-0.1, -0.05) is 35.0 Å². The SMILES string of the molecule is Cc1noc(-c2ccc(NS(C)=O)cc2F)c1NC(=O)OC(C)c1ccccc1Cl. The van der Waals surface area contributed by atoms with Crippen LogP contribution in [0.5, 0.6) is 0 Å². The minimum absolute atomic E-state index is 0.0384. The first-order valence-corrected chi connectivity index (χ1v) is 10.8. The second kappa shape index (κ2) is 9.27. The van der Waals surface area contributed by atoms with Crippen LogP contribution in [0.2, 0.25) is 5.02 Å². The largest absolute Gasteiger partial charge is 0.441 e. The first-order chi connectivity index (χ1) is 14.3. The Morgan fingerprint density at radius 3 is 2.70 bits per heavy atom. The summed E-state index contributed by atoms with van der Waals surface area (Å²) in [7, 11) is -1.34. The highest BCUT2D eigenvalue weighted by Crippen LogP contribution is 2.34. The molecule has 10 heteroatoms. The third-order valence-electron chi connectivity index (χ3n) is 4.19. The fourth-order valence-corrected chi connectivity index (χ4v) is 3.54. The number of hydrogen-bond donors (Lipinski definition) is 2. The summed E-state index contributed by atoms with van der Waals surface area (Å²) in [5, 5.41) is 6.85. The van der Waals surface area contributed by atoms with Crippen molar-refractivity contribution in [3.63, 3.8) is 0 Å². The number of ether oxygens (including phenoxy) is 1. The molecule has 2 unspecified atom stereocenters. The second-order valence-corrected chi connectivity index (χ2v) is 7.94. The molecule has 0 fully saturated rings. The standard InChI is InChI=1S/C20H19ClFN3O4S/c1-11-18(23-20(26)28-12(2)14-6-4-5-7-16(14)21)19(29-24-11)15-9-8-13(10-17(15)22)25-30(3)27/h4-10,12,25H,1-3H3,(H,23,26). The number of carbonyl (C=O) groups is 1. The van der Waals surface area contributed by atoms with Crippen molar-refractivity contribution in [1.29, 1.82) is 0 Å². The predicted molar refractivity (Wildman–Crippen MR) is 114 cm³/mol. The molecule has 1 heterocycles. The monoisotopic (exact) mass is 451 g/mol. The quantitative estimate of drug-likeness (QED) is 0.519. The van der Waals surface area contributed by atoms with Gasteiger partial charge < -0.3 is 14.0 Å². The van der Waals surface area contributed by atoms with Gasteiger partial charge in [-0.3, -0.25) is 5.32 Å². The number of benzene rings is 2. The summed E-state index contributed by atoms with van der Waals surface area (Å²) >= 11 is 6.13. The van der Waals surface area contributed by atoms with Crippen LogP contribution < -0.4 is 10.0 Å². The molecule has 7 nitrogen and oxygen atoms in total. The van der Waals surface area contributed by atoms with Gasteiger partial charge in [-0.25, -0.2) is 13.4 Å². The van der Waals surface area contributed by atoms with Gasteiger partial charge in [-0.2, -0.15) is 0 Å². The lowest BCUT2D eigenvalue weighted by molar-refractivity contribution is 0.121. The van der Waals surface area contributed by atoms with E-state index in [1.54, 1.807) is 44.2 Å². The molecular formula is C20H19ClFN3O4S. The predicted octanol–water partition coefficient (Wildman–Crippen LogP) is 5.46. The topological polar surface area (TPSA) is 93.5 Å². The summed E-state index contributed by atoms with van der Waals surface area (Å²) in [5.41, 5.74) is 1.61. The molecule has 0 saturated carbocycles. The van der Waals surface area contributed by atoms with Gasteiger partial charge >= 0.3 is 6.09 Å². The summed E-state index contributed by atoms with van der Waals surface area (Å²) in [6.07, 6.45) is 0.0532. The van der Waals surface area contributed by atoms with E-state index in [-0.39, 0.29) is 17.0 Å². The maximum atomic E-state index is 14.6. The van der Waals surface area contributed by atoms with Crippen LogP contribution >= 0.6 is 11.6 Å². The van der Waals surface area contributed by atoms with Crippen molar-refractivity contribution in [1.82, 2.24) is 5.16 Å². The highest BCUT2D eigenvalue weighted by molar-refractivity contribution is 7.85. The molecule has 0 spiro atoms. The van der Waals surface area contributed by atoms with E-state index >= 15 is 0 Å². The number of nitrogens with one attached hydrogen (secondary N) is 2. The summed E-state index contributed by atoms with van der Waals surface area (Å²) in [6, 6.07) is 11.2. The number of hydrogen-bond acceptors (Lipinski definition) is 5. The zero-order valence-corrected chi connectivity index (χ0v) is 17.9. The summed E-state index contributed by atoms with van der Waals surface area (Å²) < 4.78 is 39.1. The number of carbonyl (C=O) groups excluding carboxylic acids is 1. The fourth-order valence-electron chi connectivity index (χ4n) is 2.79. The molecule has 158 valence electrons. The van der Waals surface area contributed by atoms with E-state index in [0.29, 0.717) is 22.0 Å². The number of aromatic nitrogens is 1. The third kappa shape index (κ3) is 4.98. The molecule has 1 aromatic heterocycles. The Balaban J connectivity index is 1.80. The van der Waals surface area contributed by atoms with Gasteiger partial charge in [0, 0.05) is 22.5 Å².